The van der Waals surface area contributed by atoms with Gasteiger partial charge in [-0.2, -0.15) is 0 Å². The summed E-state index contributed by atoms with van der Waals surface area (Å²) in [7, 11) is 0. The van der Waals surface area contributed by atoms with Crippen molar-refractivity contribution in [1.82, 2.24) is 9.80 Å². The van der Waals surface area contributed by atoms with Crippen molar-refractivity contribution >= 4 is 17.5 Å². The molecular formula is C26H41N3O3. The van der Waals surface area contributed by atoms with Crippen LogP contribution in [0.25, 0.3) is 0 Å². The molecule has 1 unspecified atom stereocenters. The van der Waals surface area contributed by atoms with Gasteiger partial charge < -0.3 is 14.9 Å². The normalized spacial score (nSPS) is 21.6. The second-order valence-corrected chi connectivity index (χ2v) is 9.96. The van der Waals surface area contributed by atoms with Gasteiger partial charge >= 0.3 is 0 Å². The van der Waals surface area contributed by atoms with Crippen molar-refractivity contribution < 1.29 is 14.7 Å². The Labute approximate surface area is 193 Å². The molecule has 0 aromatic heterocycles. The van der Waals surface area contributed by atoms with Crippen molar-refractivity contribution in [3.8, 4) is 0 Å². The fourth-order valence-electron chi connectivity index (χ4n) is 5.01. The number of likely N-dealkylation sites (tertiary alicyclic amines) is 1. The minimum Gasteiger partial charge on any atom is -0.391 e. The van der Waals surface area contributed by atoms with Crippen molar-refractivity contribution in [3.63, 3.8) is 0 Å². The molecule has 1 atom stereocenters. The molecule has 2 heterocycles. The molecule has 1 N–H and O–H groups in total. The van der Waals surface area contributed by atoms with E-state index >= 15 is 0 Å². The third-order valence-corrected chi connectivity index (χ3v) is 6.55. The van der Waals surface area contributed by atoms with Crippen molar-refractivity contribution in [2.24, 2.45) is 5.92 Å². The quantitative estimate of drug-likeness (QED) is 0.765. The highest BCUT2D eigenvalue weighted by atomic mass is 16.3. The van der Waals surface area contributed by atoms with Crippen LogP contribution >= 0.6 is 0 Å². The van der Waals surface area contributed by atoms with Crippen molar-refractivity contribution in [2.75, 3.05) is 37.6 Å². The van der Waals surface area contributed by atoms with Crippen LogP contribution in [0, 0.1) is 5.92 Å². The summed E-state index contributed by atoms with van der Waals surface area (Å²) in [4.78, 5) is 31.9. The molecule has 1 aromatic rings. The lowest BCUT2D eigenvalue weighted by Gasteiger charge is -2.32. The minimum absolute atomic E-state index is 0.0255. The van der Waals surface area contributed by atoms with Crippen LogP contribution in [0.4, 0.5) is 5.69 Å². The molecule has 2 aliphatic heterocycles. The molecule has 1 fully saturated rings. The van der Waals surface area contributed by atoms with Gasteiger partial charge in [0.2, 0.25) is 5.91 Å². The molecule has 0 spiro atoms. The van der Waals surface area contributed by atoms with Crippen molar-refractivity contribution in [2.45, 2.75) is 78.4 Å². The summed E-state index contributed by atoms with van der Waals surface area (Å²) in [6.07, 6.45) is 6.90. The lowest BCUT2D eigenvalue weighted by Crippen LogP contribution is -2.42. The summed E-state index contributed by atoms with van der Waals surface area (Å²) in [6, 6.07) is 5.81. The second kappa shape index (κ2) is 11.8. The van der Waals surface area contributed by atoms with Crippen LogP contribution < -0.4 is 4.90 Å². The Balaban J connectivity index is 1.95. The van der Waals surface area contributed by atoms with E-state index in [1.165, 1.54) is 19.3 Å². The number of rotatable bonds is 3. The third-order valence-electron chi connectivity index (χ3n) is 6.55. The molecule has 0 saturated carbocycles. The lowest BCUT2D eigenvalue weighted by molar-refractivity contribution is -0.116. The number of piperidine rings is 1. The van der Waals surface area contributed by atoms with Gasteiger partial charge in [-0.25, -0.2) is 0 Å². The summed E-state index contributed by atoms with van der Waals surface area (Å²) in [5.41, 5.74) is 2.63. The number of nitrogens with zero attached hydrogens (tertiary/aromatic N) is 3. The number of hydrogen-bond acceptors (Lipinski definition) is 4. The molecule has 1 aromatic carbocycles. The third kappa shape index (κ3) is 6.79. The van der Waals surface area contributed by atoms with E-state index in [-0.39, 0.29) is 11.8 Å². The highest BCUT2D eigenvalue weighted by Gasteiger charge is 2.25. The summed E-state index contributed by atoms with van der Waals surface area (Å²) in [5.74, 6) is 0.578. The number of carbonyl (C=O) groups excluding carboxylic acids is 2. The van der Waals surface area contributed by atoms with Crippen molar-refractivity contribution in [1.29, 1.82) is 0 Å². The molecule has 6 nitrogen and oxygen atoms in total. The van der Waals surface area contributed by atoms with E-state index in [1.807, 2.05) is 23.1 Å². The molecule has 178 valence electrons. The average Bonchev–Trinajstić information content (AvgIpc) is 2.73. The van der Waals surface area contributed by atoms with E-state index < -0.39 is 6.10 Å². The maximum Gasteiger partial charge on any atom is 0.253 e. The molecular weight excluding hydrogens is 402 g/mol. The lowest BCUT2D eigenvalue weighted by atomic mass is 10.0. The Morgan fingerprint density at radius 3 is 2.44 bits per heavy atom. The Morgan fingerprint density at radius 2 is 1.75 bits per heavy atom. The maximum atomic E-state index is 13.2. The fraction of sp³-hybridized carbons (Fsp3) is 0.692. The van der Waals surface area contributed by atoms with Crippen LogP contribution in [-0.2, 0) is 11.3 Å². The van der Waals surface area contributed by atoms with E-state index in [2.05, 4.69) is 18.7 Å². The highest BCUT2D eigenvalue weighted by Crippen LogP contribution is 2.27. The molecule has 2 amide bonds. The first-order chi connectivity index (χ1) is 15.3. The fourth-order valence-corrected chi connectivity index (χ4v) is 5.01. The number of benzene rings is 1. The van der Waals surface area contributed by atoms with Crippen LogP contribution in [0.1, 0.15) is 81.6 Å². The van der Waals surface area contributed by atoms with Crippen LogP contribution in [0.15, 0.2) is 18.2 Å². The standard InChI is InChI=1S/C26H41N3O3/c1-20(2)17-27-13-7-5-4-6-8-15-29(21(3)30)25-12-11-22(16-23(25)18-27)26(32)28-14-9-10-24(31)19-28/h11-12,16,20,24,31H,4-10,13-15,17-19H2,1-3H3. The van der Waals surface area contributed by atoms with Crippen LogP contribution in [0.2, 0.25) is 0 Å². The Kier molecular flexibility index (Phi) is 9.11. The van der Waals surface area contributed by atoms with E-state index in [1.54, 1.807) is 11.8 Å². The molecule has 2 aliphatic rings. The molecule has 0 aliphatic carbocycles. The largest absolute Gasteiger partial charge is 0.391 e. The molecule has 1 saturated heterocycles. The summed E-state index contributed by atoms with van der Waals surface area (Å²) < 4.78 is 0. The Hall–Kier alpha value is -1.92. The smallest absolute Gasteiger partial charge is 0.253 e. The van der Waals surface area contributed by atoms with Gasteiger partial charge in [0, 0.05) is 50.9 Å². The molecule has 6 heteroatoms. The summed E-state index contributed by atoms with van der Waals surface area (Å²) >= 11 is 0. The Bertz CT molecular complexity index is 780. The first-order valence-corrected chi connectivity index (χ1v) is 12.5. The predicted octanol–water partition coefficient (Wildman–Crippen LogP) is 4.06. The van der Waals surface area contributed by atoms with Gasteiger partial charge in [0.25, 0.3) is 5.91 Å². The van der Waals surface area contributed by atoms with E-state index in [9.17, 15) is 14.7 Å². The zero-order valence-electron chi connectivity index (χ0n) is 20.2. The molecule has 3 rings (SSSR count). The molecule has 32 heavy (non-hydrogen) atoms. The highest BCUT2D eigenvalue weighted by molar-refractivity contribution is 5.97. The van der Waals surface area contributed by atoms with Crippen LogP contribution in [0.5, 0.6) is 0 Å². The van der Waals surface area contributed by atoms with Crippen LogP contribution in [0.3, 0.4) is 0 Å². The molecule has 0 radical (unpaired) electrons. The van der Waals surface area contributed by atoms with Gasteiger partial charge in [0.1, 0.15) is 0 Å². The van der Waals surface area contributed by atoms with Gasteiger partial charge in [-0.1, -0.05) is 33.1 Å². The van der Waals surface area contributed by atoms with E-state index in [0.717, 1.165) is 63.1 Å². The van der Waals surface area contributed by atoms with Gasteiger partial charge in [0.05, 0.1) is 6.10 Å². The van der Waals surface area contributed by atoms with Crippen LogP contribution in [-0.4, -0.2) is 65.5 Å². The van der Waals surface area contributed by atoms with Crippen molar-refractivity contribution in [3.05, 3.63) is 29.3 Å². The summed E-state index contributed by atoms with van der Waals surface area (Å²) in [6.45, 7) is 10.7. The number of β-amino-alcohol motifs (C(OH)–C–C–N with tert-alkyl or cyclic N) is 1. The zero-order chi connectivity index (χ0) is 23.1. The number of amides is 2. The predicted molar refractivity (Wildman–Crippen MR) is 129 cm³/mol. The number of anilines is 1. The maximum absolute atomic E-state index is 13.2. The van der Waals surface area contributed by atoms with Gasteiger partial charge in [0.15, 0.2) is 0 Å². The van der Waals surface area contributed by atoms with Gasteiger partial charge in [-0.05, 0) is 61.9 Å². The second-order valence-electron chi connectivity index (χ2n) is 9.96. The van der Waals surface area contributed by atoms with Gasteiger partial charge in [-0.15, -0.1) is 0 Å². The average molecular weight is 444 g/mol. The number of carbonyl (C=O) groups is 2. The molecule has 0 bridgehead atoms. The Morgan fingerprint density at radius 1 is 1.03 bits per heavy atom. The SMILES string of the molecule is CC(=O)N1CCCCCCCN(CC(C)C)Cc2cc(C(=O)N3CCCC(O)C3)ccc21. The topological polar surface area (TPSA) is 64.1 Å². The minimum atomic E-state index is -0.438. The van der Waals surface area contributed by atoms with Gasteiger partial charge in [-0.3, -0.25) is 14.5 Å². The first-order valence-electron chi connectivity index (χ1n) is 12.5. The van der Waals surface area contributed by atoms with E-state index in [4.69, 9.17) is 0 Å². The zero-order valence-corrected chi connectivity index (χ0v) is 20.2. The van der Waals surface area contributed by atoms with E-state index in [0.29, 0.717) is 24.6 Å². The first kappa shape index (κ1) is 24.7. The number of fused-ring (bicyclic) bond motifs is 1. The number of aliphatic hydroxyl groups excluding tert-OH is 1. The monoisotopic (exact) mass is 443 g/mol. The number of aliphatic hydroxyl groups is 1. The summed E-state index contributed by atoms with van der Waals surface area (Å²) in [5, 5.41) is 10.0. The number of hydrogen-bond donors (Lipinski definition) is 1.